The second kappa shape index (κ2) is 15.1. The summed E-state index contributed by atoms with van der Waals surface area (Å²) in [4.78, 5) is 6.75. The lowest BCUT2D eigenvalue weighted by molar-refractivity contribution is 1.24. The zero-order valence-corrected chi connectivity index (χ0v) is 29.3. The van der Waals surface area contributed by atoms with Crippen LogP contribution < -0.4 is 14.7 Å². The molecule has 8 rings (SSSR count). The highest BCUT2D eigenvalue weighted by Crippen LogP contribution is 2.47. The van der Waals surface area contributed by atoms with E-state index >= 15 is 0 Å². The largest absolute Gasteiger partial charge is 0.310 e. The van der Waals surface area contributed by atoms with Gasteiger partial charge in [-0.3, -0.25) is 0 Å². The van der Waals surface area contributed by atoms with Crippen LogP contribution in [0.15, 0.2) is 218 Å². The molecule has 0 aliphatic heterocycles. The van der Waals surface area contributed by atoms with Crippen molar-refractivity contribution >= 4 is 62.8 Å². The van der Waals surface area contributed by atoms with Gasteiger partial charge in [-0.25, -0.2) is 0 Å². The molecule has 0 N–H and O–H groups in total. The van der Waals surface area contributed by atoms with E-state index in [-0.39, 0.29) is 0 Å². The minimum Gasteiger partial charge on any atom is -0.310 e. The summed E-state index contributed by atoms with van der Waals surface area (Å²) in [6.45, 7) is 0. The van der Waals surface area contributed by atoms with Crippen molar-refractivity contribution in [3.63, 3.8) is 0 Å². The summed E-state index contributed by atoms with van der Waals surface area (Å²) in [7, 11) is 0. The lowest BCUT2D eigenvalue weighted by Gasteiger charge is -2.32. The summed E-state index contributed by atoms with van der Waals surface area (Å²) in [6.07, 6.45) is 0. The number of nitrogens with zero attached hydrogens (tertiary/aromatic N) is 3. The fourth-order valence-electron chi connectivity index (χ4n) is 6.67. The van der Waals surface area contributed by atoms with Gasteiger partial charge in [0.1, 0.15) is 0 Å². The van der Waals surface area contributed by atoms with E-state index in [1.807, 2.05) is 30.3 Å². The van der Waals surface area contributed by atoms with Crippen LogP contribution in [0.4, 0.5) is 51.2 Å². The molecule has 0 heterocycles. The van der Waals surface area contributed by atoms with Crippen molar-refractivity contribution in [2.24, 2.45) is 0 Å². The van der Waals surface area contributed by atoms with E-state index in [4.69, 9.17) is 11.6 Å². The molecule has 0 unspecified atom stereocenters. The van der Waals surface area contributed by atoms with Crippen molar-refractivity contribution in [1.82, 2.24) is 0 Å². The van der Waals surface area contributed by atoms with Gasteiger partial charge in [-0.1, -0.05) is 139 Å². The van der Waals surface area contributed by atoms with Crippen LogP contribution in [0, 0.1) is 0 Å². The van der Waals surface area contributed by atoms with E-state index in [0.29, 0.717) is 5.02 Å². The molecular formula is C48H36ClN3. The normalized spacial score (nSPS) is 10.8. The van der Waals surface area contributed by atoms with Crippen molar-refractivity contribution in [3.8, 4) is 11.1 Å². The molecule has 8 aromatic rings. The maximum absolute atomic E-state index is 7.63. The minimum absolute atomic E-state index is 0.635. The second-order valence-electron chi connectivity index (χ2n) is 12.4. The van der Waals surface area contributed by atoms with E-state index in [0.717, 1.165) is 56.7 Å². The Balaban J connectivity index is 1.30. The predicted molar refractivity (Wildman–Crippen MR) is 221 cm³/mol. The zero-order valence-electron chi connectivity index (χ0n) is 28.5. The van der Waals surface area contributed by atoms with Crippen LogP contribution in [0.25, 0.3) is 11.1 Å². The van der Waals surface area contributed by atoms with Crippen molar-refractivity contribution in [2.75, 3.05) is 14.7 Å². The van der Waals surface area contributed by atoms with Gasteiger partial charge in [0.15, 0.2) is 0 Å². The number of anilines is 9. The van der Waals surface area contributed by atoms with E-state index < -0.39 is 0 Å². The molecule has 8 aromatic carbocycles. The molecule has 0 aliphatic carbocycles. The van der Waals surface area contributed by atoms with Gasteiger partial charge in [0.25, 0.3) is 0 Å². The number of benzene rings is 8. The highest BCUT2D eigenvalue weighted by molar-refractivity contribution is 6.36. The SMILES string of the molecule is Clc1c(N(c2ccccc2)c2ccccc2)cccc1N(c1ccc(-c2ccccc2)cc1)c1cccc(N(c2ccccc2)c2ccccc2)c1. The summed E-state index contributed by atoms with van der Waals surface area (Å²) >= 11 is 7.63. The molecule has 0 aromatic heterocycles. The Labute approximate surface area is 310 Å². The van der Waals surface area contributed by atoms with Crippen LogP contribution in [0.1, 0.15) is 0 Å². The van der Waals surface area contributed by atoms with Gasteiger partial charge in [0, 0.05) is 39.8 Å². The third-order valence-corrected chi connectivity index (χ3v) is 9.46. The average molecular weight is 690 g/mol. The van der Waals surface area contributed by atoms with Crippen molar-refractivity contribution in [3.05, 3.63) is 223 Å². The molecule has 0 atom stereocenters. The summed E-state index contributed by atoms with van der Waals surface area (Å²) in [5, 5.41) is 0.635. The molecule has 0 aliphatic rings. The Morgan fingerprint density at radius 2 is 0.558 bits per heavy atom. The van der Waals surface area contributed by atoms with Crippen molar-refractivity contribution in [2.45, 2.75) is 0 Å². The van der Waals surface area contributed by atoms with E-state index in [2.05, 4.69) is 203 Å². The first-order valence-corrected chi connectivity index (χ1v) is 17.8. The summed E-state index contributed by atoms with van der Waals surface area (Å²) < 4.78 is 0. The molecule has 52 heavy (non-hydrogen) atoms. The Bertz CT molecular complexity index is 2270. The topological polar surface area (TPSA) is 9.72 Å². The Morgan fingerprint density at radius 3 is 1.02 bits per heavy atom. The van der Waals surface area contributed by atoms with E-state index in [1.165, 1.54) is 5.56 Å². The fourth-order valence-corrected chi connectivity index (χ4v) is 6.96. The van der Waals surface area contributed by atoms with Crippen LogP contribution in [0.3, 0.4) is 0 Å². The molecule has 0 radical (unpaired) electrons. The molecule has 3 nitrogen and oxygen atoms in total. The quantitative estimate of drug-likeness (QED) is 0.141. The van der Waals surface area contributed by atoms with Gasteiger partial charge in [-0.15, -0.1) is 0 Å². The molecule has 0 spiro atoms. The summed E-state index contributed by atoms with van der Waals surface area (Å²) in [5.41, 5.74) is 11.3. The summed E-state index contributed by atoms with van der Waals surface area (Å²) in [5.74, 6) is 0. The molecule has 0 bridgehead atoms. The molecule has 0 fully saturated rings. The van der Waals surface area contributed by atoms with E-state index in [1.54, 1.807) is 0 Å². The Kier molecular flexibility index (Phi) is 9.50. The standard InChI is InChI=1S/C48H36ClN3/c49-48-46(51(41-24-12-4-13-25-41)42-26-14-5-15-27-42)30-17-31-47(48)52(43-34-32-38(33-35-43)37-18-6-1-7-19-37)45-29-16-28-44(36-45)50(39-20-8-2-9-21-39)40-22-10-3-11-23-40/h1-36H. The summed E-state index contributed by atoms with van der Waals surface area (Å²) in [6, 6.07) is 75.8. The maximum Gasteiger partial charge on any atom is 0.0887 e. The van der Waals surface area contributed by atoms with Gasteiger partial charge >= 0.3 is 0 Å². The molecule has 0 saturated carbocycles. The van der Waals surface area contributed by atoms with E-state index in [9.17, 15) is 0 Å². The van der Waals surface area contributed by atoms with Gasteiger partial charge in [0.2, 0.25) is 0 Å². The highest BCUT2D eigenvalue weighted by atomic mass is 35.5. The van der Waals surface area contributed by atoms with Crippen LogP contribution >= 0.6 is 11.6 Å². The third kappa shape index (κ3) is 6.78. The predicted octanol–water partition coefficient (Wildman–Crippen LogP) is 14.4. The molecule has 0 saturated heterocycles. The number of hydrogen-bond acceptors (Lipinski definition) is 3. The van der Waals surface area contributed by atoms with Crippen LogP contribution in [-0.4, -0.2) is 0 Å². The van der Waals surface area contributed by atoms with Gasteiger partial charge in [-0.2, -0.15) is 0 Å². The van der Waals surface area contributed by atoms with Gasteiger partial charge in [-0.05, 0) is 102 Å². The molecule has 4 heteroatoms. The second-order valence-corrected chi connectivity index (χ2v) is 12.8. The average Bonchev–Trinajstić information content (AvgIpc) is 3.22. The molecular weight excluding hydrogens is 654 g/mol. The third-order valence-electron chi connectivity index (χ3n) is 9.08. The smallest absolute Gasteiger partial charge is 0.0887 e. The Hall–Kier alpha value is -6.55. The number of rotatable bonds is 10. The number of hydrogen-bond donors (Lipinski definition) is 0. The van der Waals surface area contributed by atoms with Gasteiger partial charge in [0.05, 0.1) is 16.4 Å². The van der Waals surface area contributed by atoms with Gasteiger partial charge < -0.3 is 14.7 Å². The first kappa shape index (κ1) is 32.6. The first-order chi connectivity index (χ1) is 25.7. The molecule has 250 valence electrons. The monoisotopic (exact) mass is 689 g/mol. The highest BCUT2D eigenvalue weighted by Gasteiger charge is 2.23. The lowest BCUT2D eigenvalue weighted by Crippen LogP contribution is -2.15. The first-order valence-electron chi connectivity index (χ1n) is 17.4. The van der Waals surface area contributed by atoms with Crippen LogP contribution in [-0.2, 0) is 0 Å². The number of para-hydroxylation sites is 4. The van der Waals surface area contributed by atoms with Crippen molar-refractivity contribution < 1.29 is 0 Å². The molecule has 0 amide bonds. The minimum atomic E-state index is 0.635. The van der Waals surface area contributed by atoms with Crippen LogP contribution in [0.5, 0.6) is 0 Å². The lowest BCUT2D eigenvalue weighted by atomic mass is 10.0. The number of halogens is 1. The van der Waals surface area contributed by atoms with Crippen LogP contribution in [0.2, 0.25) is 5.02 Å². The van der Waals surface area contributed by atoms with Crippen molar-refractivity contribution in [1.29, 1.82) is 0 Å². The Morgan fingerprint density at radius 1 is 0.250 bits per heavy atom. The fraction of sp³-hybridized carbons (Fsp3) is 0. The maximum atomic E-state index is 7.63. The zero-order chi connectivity index (χ0) is 35.1.